The summed E-state index contributed by atoms with van der Waals surface area (Å²) in [6.07, 6.45) is 1.08. The third-order valence-electron chi connectivity index (χ3n) is 1.45. The number of hydrogen-bond acceptors (Lipinski definition) is 3. The molecule has 1 atom stereocenters. The molecule has 0 rings (SSSR count). The van der Waals surface area contributed by atoms with E-state index in [0.29, 0.717) is 0 Å². The molecule has 0 aliphatic heterocycles. The Morgan fingerprint density at radius 2 is 2.10 bits per heavy atom. The molecule has 0 bridgehead atoms. The molecule has 0 saturated heterocycles. The molecule has 0 amide bonds. The lowest BCUT2D eigenvalue weighted by atomic mass is 9.98. The predicted octanol–water partition coefficient (Wildman–Crippen LogP) is 0.0784. The van der Waals surface area contributed by atoms with Gasteiger partial charge in [0.1, 0.15) is 0 Å². The predicted molar refractivity (Wildman–Crippen MR) is 37.2 cm³/mol. The fraction of sp³-hybridized carbons (Fsp3) is 0.571. The number of hydrogen-bond donors (Lipinski definition) is 2. The lowest BCUT2D eigenvalue weighted by Crippen LogP contribution is -2.36. The monoisotopic (exact) mass is 144 g/mol. The molecule has 0 aliphatic rings. The van der Waals surface area contributed by atoms with E-state index in [2.05, 4.69) is 6.58 Å². The van der Waals surface area contributed by atoms with Gasteiger partial charge in [0.25, 0.3) is 0 Å². The molecule has 1 unspecified atom stereocenters. The molecule has 3 heteroatoms. The van der Waals surface area contributed by atoms with E-state index in [4.69, 9.17) is 10.2 Å². The number of rotatable bonds is 3. The molecule has 58 valence electrons. The Labute approximate surface area is 60.0 Å². The molecule has 0 radical (unpaired) electrons. The molecule has 0 aromatic rings. The number of allylic oxidation sites excluding steroid dienone is 1. The van der Waals surface area contributed by atoms with E-state index in [-0.39, 0.29) is 5.78 Å². The van der Waals surface area contributed by atoms with Crippen LogP contribution in [0.15, 0.2) is 12.7 Å². The van der Waals surface area contributed by atoms with Crippen molar-refractivity contribution in [2.75, 3.05) is 0 Å². The highest BCUT2D eigenvalue weighted by molar-refractivity contribution is 5.91. The standard InChI is InChI=1S/C7H12O3/c1-4-6(8)5(2)7(3,9)10/h4-5,9-10H,1H2,2-3H3. The van der Waals surface area contributed by atoms with E-state index < -0.39 is 11.7 Å². The first kappa shape index (κ1) is 9.33. The Kier molecular flexibility index (Phi) is 2.75. The van der Waals surface area contributed by atoms with Gasteiger partial charge < -0.3 is 10.2 Å². The first-order chi connectivity index (χ1) is 4.39. The van der Waals surface area contributed by atoms with Gasteiger partial charge in [-0.15, -0.1) is 0 Å². The highest BCUT2D eigenvalue weighted by atomic mass is 16.5. The largest absolute Gasteiger partial charge is 0.365 e. The summed E-state index contributed by atoms with van der Waals surface area (Å²) in [6.45, 7) is 5.82. The van der Waals surface area contributed by atoms with Gasteiger partial charge in [0.2, 0.25) is 0 Å². The third-order valence-corrected chi connectivity index (χ3v) is 1.45. The van der Waals surface area contributed by atoms with Crippen LogP contribution >= 0.6 is 0 Å². The van der Waals surface area contributed by atoms with Crippen LogP contribution in [0.3, 0.4) is 0 Å². The van der Waals surface area contributed by atoms with Gasteiger partial charge in [0.05, 0.1) is 5.92 Å². The zero-order chi connectivity index (χ0) is 8.36. The summed E-state index contributed by atoms with van der Waals surface area (Å²) in [7, 11) is 0. The van der Waals surface area contributed by atoms with Crippen LogP contribution in [-0.2, 0) is 4.79 Å². The van der Waals surface area contributed by atoms with E-state index >= 15 is 0 Å². The summed E-state index contributed by atoms with van der Waals surface area (Å²) in [6, 6.07) is 0. The van der Waals surface area contributed by atoms with Gasteiger partial charge in [-0.05, 0) is 19.9 Å². The molecular weight excluding hydrogens is 132 g/mol. The number of carbonyl (C=O) groups excluding carboxylic acids is 1. The van der Waals surface area contributed by atoms with Crippen molar-refractivity contribution in [1.82, 2.24) is 0 Å². The maximum absolute atomic E-state index is 10.7. The van der Waals surface area contributed by atoms with Crippen molar-refractivity contribution in [2.45, 2.75) is 19.6 Å². The molecular formula is C7H12O3. The Morgan fingerprint density at radius 3 is 2.20 bits per heavy atom. The molecule has 0 aromatic carbocycles. The minimum absolute atomic E-state index is 0.368. The first-order valence-electron chi connectivity index (χ1n) is 3.00. The van der Waals surface area contributed by atoms with Crippen LogP contribution in [0.1, 0.15) is 13.8 Å². The van der Waals surface area contributed by atoms with Crippen molar-refractivity contribution in [1.29, 1.82) is 0 Å². The fourth-order valence-corrected chi connectivity index (χ4v) is 0.446. The van der Waals surface area contributed by atoms with E-state index in [9.17, 15) is 4.79 Å². The van der Waals surface area contributed by atoms with E-state index in [1.54, 1.807) is 0 Å². The minimum atomic E-state index is -1.94. The van der Waals surface area contributed by atoms with Gasteiger partial charge in [-0.1, -0.05) is 6.58 Å². The average Bonchev–Trinajstić information content (AvgIpc) is 1.83. The molecule has 0 fully saturated rings. The maximum Gasteiger partial charge on any atom is 0.169 e. The van der Waals surface area contributed by atoms with Crippen molar-refractivity contribution in [2.24, 2.45) is 5.92 Å². The molecule has 0 aliphatic carbocycles. The van der Waals surface area contributed by atoms with Crippen molar-refractivity contribution < 1.29 is 15.0 Å². The normalized spacial score (nSPS) is 14.4. The second-order valence-electron chi connectivity index (χ2n) is 2.42. The lowest BCUT2D eigenvalue weighted by molar-refractivity contribution is -0.182. The van der Waals surface area contributed by atoms with Crippen LogP contribution in [0.2, 0.25) is 0 Å². The Balaban J connectivity index is 4.21. The Morgan fingerprint density at radius 1 is 1.70 bits per heavy atom. The van der Waals surface area contributed by atoms with Crippen LogP contribution in [0.4, 0.5) is 0 Å². The van der Waals surface area contributed by atoms with Gasteiger partial charge in [0.15, 0.2) is 11.6 Å². The molecule has 10 heavy (non-hydrogen) atoms. The zero-order valence-corrected chi connectivity index (χ0v) is 6.16. The Bertz CT molecular complexity index is 143. The summed E-state index contributed by atoms with van der Waals surface area (Å²) in [4.78, 5) is 10.7. The Hall–Kier alpha value is -0.670. The molecule has 0 spiro atoms. The van der Waals surface area contributed by atoms with Crippen LogP contribution < -0.4 is 0 Å². The van der Waals surface area contributed by atoms with Crippen LogP contribution in [0.5, 0.6) is 0 Å². The van der Waals surface area contributed by atoms with Crippen LogP contribution in [0, 0.1) is 5.92 Å². The van der Waals surface area contributed by atoms with Crippen LogP contribution in [0.25, 0.3) is 0 Å². The maximum atomic E-state index is 10.7. The quantitative estimate of drug-likeness (QED) is 0.435. The average molecular weight is 144 g/mol. The van der Waals surface area contributed by atoms with Crippen LogP contribution in [-0.4, -0.2) is 21.8 Å². The lowest BCUT2D eigenvalue weighted by Gasteiger charge is -2.21. The summed E-state index contributed by atoms with van der Waals surface area (Å²) in [5.41, 5.74) is 0. The summed E-state index contributed by atoms with van der Waals surface area (Å²) < 4.78 is 0. The molecule has 0 aromatic heterocycles. The third kappa shape index (κ3) is 2.29. The summed E-state index contributed by atoms with van der Waals surface area (Å²) >= 11 is 0. The van der Waals surface area contributed by atoms with Crippen molar-refractivity contribution in [3.8, 4) is 0 Å². The fourth-order valence-electron chi connectivity index (χ4n) is 0.446. The van der Waals surface area contributed by atoms with E-state index in [1.165, 1.54) is 13.8 Å². The van der Waals surface area contributed by atoms with Gasteiger partial charge in [-0.2, -0.15) is 0 Å². The van der Waals surface area contributed by atoms with E-state index in [0.717, 1.165) is 6.08 Å². The number of aliphatic hydroxyl groups is 2. The summed E-state index contributed by atoms with van der Waals surface area (Å²) in [5, 5.41) is 17.7. The highest BCUT2D eigenvalue weighted by Crippen LogP contribution is 2.13. The zero-order valence-electron chi connectivity index (χ0n) is 6.16. The SMILES string of the molecule is C=CC(=O)C(C)C(C)(O)O. The molecule has 0 heterocycles. The first-order valence-corrected chi connectivity index (χ1v) is 3.00. The van der Waals surface area contributed by atoms with Crippen molar-refractivity contribution >= 4 is 5.78 Å². The number of carbonyl (C=O) groups is 1. The molecule has 0 saturated carbocycles. The van der Waals surface area contributed by atoms with Gasteiger partial charge in [-0.3, -0.25) is 4.79 Å². The van der Waals surface area contributed by atoms with Gasteiger partial charge >= 0.3 is 0 Å². The second-order valence-corrected chi connectivity index (χ2v) is 2.42. The topological polar surface area (TPSA) is 57.5 Å². The second kappa shape index (κ2) is 2.94. The number of ketones is 1. The van der Waals surface area contributed by atoms with Crippen molar-refractivity contribution in [3.63, 3.8) is 0 Å². The van der Waals surface area contributed by atoms with Gasteiger partial charge in [0, 0.05) is 0 Å². The van der Waals surface area contributed by atoms with Gasteiger partial charge in [-0.25, -0.2) is 0 Å². The summed E-state index contributed by atoms with van der Waals surface area (Å²) in [5.74, 6) is -3.12. The molecule has 2 N–H and O–H groups in total. The minimum Gasteiger partial charge on any atom is -0.365 e. The molecule has 3 nitrogen and oxygen atoms in total. The smallest absolute Gasteiger partial charge is 0.169 e. The van der Waals surface area contributed by atoms with Crippen molar-refractivity contribution in [3.05, 3.63) is 12.7 Å². The highest BCUT2D eigenvalue weighted by Gasteiger charge is 2.28. The van der Waals surface area contributed by atoms with E-state index in [1.807, 2.05) is 0 Å².